The Labute approximate surface area is 246 Å². The predicted octanol–water partition coefficient (Wildman–Crippen LogP) is 8.23. The molecule has 0 radical (unpaired) electrons. The molecule has 0 aromatic heterocycles. The van der Waals surface area contributed by atoms with E-state index in [0.29, 0.717) is 24.1 Å². The highest BCUT2D eigenvalue weighted by Crippen LogP contribution is 2.21. The summed E-state index contributed by atoms with van der Waals surface area (Å²) in [4.78, 5) is 4.40. The number of anilines is 1. The van der Waals surface area contributed by atoms with Crippen LogP contribution in [-0.2, 0) is 13.2 Å². The van der Waals surface area contributed by atoms with Gasteiger partial charge in [0.25, 0.3) is 0 Å². The number of hydrogen-bond acceptors (Lipinski definition) is 4. The Morgan fingerprint density at radius 3 is 1.55 bits per heavy atom. The Morgan fingerprint density at radius 2 is 1.05 bits per heavy atom. The Bertz CT molecular complexity index is 1460. The Balaban J connectivity index is 0.000000238. The molecule has 204 valence electrons. The number of nitrogens with zero attached hydrogens (tertiary/aromatic N) is 1. The van der Waals surface area contributed by atoms with Gasteiger partial charge in [-0.2, -0.15) is 0 Å². The third-order valence-corrected chi connectivity index (χ3v) is 5.94. The average molecular weight is 573 g/mol. The lowest BCUT2D eigenvalue weighted by molar-refractivity contribution is 0.306. The van der Waals surface area contributed by atoms with Gasteiger partial charge in [-0.15, -0.1) is 12.4 Å². The fourth-order valence-corrected chi connectivity index (χ4v) is 3.76. The Hall–Kier alpha value is -4.45. The van der Waals surface area contributed by atoms with E-state index in [2.05, 4.69) is 4.99 Å². The SMILES string of the molecule is Cl.NC(=Nc1ccc(OCc2ccccc2)cc1)c1ccccc1Cl.Nc1ccc(OCc2ccccc2)cc1. The maximum Gasteiger partial charge on any atom is 0.132 e. The van der Waals surface area contributed by atoms with E-state index in [9.17, 15) is 0 Å². The minimum Gasteiger partial charge on any atom is -0.489 e. The van der Waals surface area contributed by atoms with Crippen LogP contribution in [0.2, 0.25) is 5.02 Å². The second-order valence-electron chi connectivity index (χ2n) is 8.59. The molecule has 0 fully saturated rings. The molecule has 0 aliphatic carbocycles. The van der Waals surface area contributed by atoms with Crippen LogP contribution in [0.5, 0.6) is 11.5 Å². The maximum absolute atomic E-state index is 6.13. The molecule has 0 unspecified atom stereocenters. The number of amidine groups is 1. The first-order chi connectivity index (χ1) is 19.1. The summed E-state index contributed by atoms with van der Waals surface area (Å²) >= 11 is 6.13. The molecule has 0 heterocycles. The van der Waals surface area contributed by atoms with E-state index in [1.807, 2.05) is 127 Å². The molecule has 0 saturated heterocycles. The summed E-state index contributed by atoms with van der Waals surface area (Å²) in [5, 5.41) is 0.585. The van der Waals surface area contributed by atoms with Gasteiger partial charge in [-0.3, -0.25) is 0 Å². The van der Waals surface area contributed by atoms with E-state index in [1.54, 1.807) is 6.07 Å². The summed E-state index contributed by atoms with van der Waals surface area (Å²) < 4.78 is 11.3. The smallest absolute Gasteiger partial charge is 0.132 e. The van der Waals surface area contributed by atoms with E-state index >= 15 is 0 Å². The highest BCUT2D eigenvalue weighted by atomic mass is 35.5. The van der Waals surface area contributed by atoms with Crippen LogP contribution in [0.15, 0.2) is 138 Å². The lowest BCUT2D eigenvalue weighted by Crippen LogP contribution is -2.13. The van der Waals surface area contributed by atoms with Crippen molar-refractivity contribution < 1.29 is 9.47 Å². The van der Waals surface area contributed by atoms with Gasteiger partial charge in [-0.1, -0.05) is 84.4 Å². The molecule has 0 atom stereocenters. The topological polar surface area (TPSA) is 82.9 Å². The lowest BCUT2D eigenvalue weighted by Gasteiger charge is -2.07. The Kier molecular flexibility index (Phi) is 11.9. The molecular weight excluding hydrogens is 541 g/mol. The predicted molar refractivity (Wildman–Crippen MR) is 168 cm³/mol. The summed E-state index contributed by atoms with van der Waals surface area (Å²) in [7, 11) is 0. The maximum atomic E-state index is 6.13. The summed E-state index contributed by atoms with van der Waals surface area (Å²) in [6.07, 6.45) is 0. The van der Waals surface area contributed by atoms with Gasteiger partial charge >= 0.3 is 0 Å². The fourth-order valence-electron chi connectivity index (χ4n) is 3.53. The van der Waals surface area contributed by atoms with Crippen LogP contribution in [0.1, 0.15) is 16.7 Å². The standard InChI is InChI=1S/C20H17ClN2O.C13H13NO.ClH/c21-19-9-5-4-8-18(19)20(22)23-16-10-12-17(13-11-16)24-14-15-6-2-1-3-7-15;14-12-6-8-13(9-7-12)15-10-11-4-2-1-3-5-11;/h1-13H,14H2,(H2,22,23);1-9H,10,14H2;1H. The quantitative estimate of drug-likeness (QED) is 0.112. The average Bonchev–Trinajstić information content (AvgIpc) is 2.98. The van der Waals surface area contributed by atoms with Crippen molar-refractivity contribution in [3.63, 3.8) is 0 Å². The van der Waals surface area contributed by atoms with Gasteiger partial charge in [0.05, 0.1) is 10.7 Å². The van der Waals surface area contributed by atoms with Gasteiger partial charge in [0.2, 0.25) is 0 Å². The van der Waals surface area contributed by atoms with Crippen molar-refractivity contribution in [1.82, 2.24) is 0 Å². The third kappa shape index (κ3) is 9.70. The molecule has 4 N–H and O–H groups in total. The van der Waals surface area contributed by atoms with Gasteiger partial charge in [-0.25, -0.2) is 4.99 Å². The molecule has 5 aromatic carbocycles. The van der Waals surface area contributed by atoms with E-state index in [1.165, 1.54) is 0 Å². The van der Waals surface area contributed by atoms with Gasteiger partial charge in [0.15, 0.2) is 0 Å². The number of benzene rings is 5. The minimum absolute atomic E-state index is 0. The monoisotopic (exact) mass is 571 g/mol. The number of aliphatic imine (C=N–C) groups is 1. The van der Waals surface area contributed by atoms with Crippen LogP contribution in [-0.4, -0.2) is 5.84 Å². The summed E-state index contributed by atoms with van der Waals surface area (Å²) in [5.41, 5.74) is 16.1. The first-order valence-corrected chi connectivity index (χ1v) is 12.8. The molecule has 40 heavy (non-hydrogen) atoms. The summed E-state index contributed by atoms with van der Waals surface area (Å²) in [5.74, 6) is 2.01. The molecule has 0 bridgehead atoms. The normalized spacial score (nSPS) is 10.5. The summed E-state index contributed by atoms with van der Waals surface area (Å²) in [6, 6.07) is 42.4. The van der Waals surface area contributed by atoms with E-state index < -0.39 is 0 Å². The third-order valence-electron chi connectivity index (χ3n) is 5.61. The first kappa shape index (κ1) is 30.1. The number of ether oxygens (including phenoxy) is 2. The first-order valence-electron chi connectivity index (χ1n) is 12.4. The van der Waals surface area contributed by atoms with Gasteiger partial charge in [0, 0.05) is 11.3 Å². The number of nitrogen functional groups attached to an aromatic ring is 1. The molecule has 0 aliphatic heterocycles. The van der Waals surface area contributed by atoms with Crippen LogP contribution >= 0.6 is 24.0 Å². The van der Waals surface area contributed by atoms with Crippen molar-refractivity contribution in [2.24, 2.45) is 10.7 Å². The van der Waals surface area contributed by atoms with Crippen LogP contribution in [0, 0.1) is 0 Å². The van der Waals surface area contributed by atoms with E-state index in [-0.39, 0.29) is 12.4 Å². The molecule has 5 nitrogen and oxygen atoms in total. The zero-order valence-corrected chi connectivity index (χ0v) is 23.4. The fraction of sp³-hybridized carbons (Fsp3) is 0.0606. The minimum atomic E-state index is 0. The zero-order chi connectivity index (χ0) is 27.3. The number of hydrogen-bond donors (Lipinski definition) is 2. The van der Waals surface area contributed by atoms with Crippen LogP contribution in [0.25, 0.3) is 0 Å². The van der Waals surface area contributed by atoms with Crippen molar-refractivity contribution in [1.29, 1.82) is 0 Å². The molecule has 7 heteroatoms. The molecule has 0 saturated carbocycles. The molecule has 0 amide bonds. The molecular formula is C33H31Cl2N3O2. The lowest BCUT2D eigenvalue weighted by atomic mass is 10.2. The molecule has 5 aromatic rings. The van der Waals surface area contributed by atoms with Crippen molar-refractivity contribution >= 4 is 41.2 Å². The van der Waals surface area contributed by atoms with Gasteiger partial charge in [0.1, 0.15) is 30.5 Å². The van der Waals surface area contributed by atoms with Crippen molar-refractivity contribution in [3.8, 4) is 11.5 Å². The second-order valence-corrected chi connectivity index (χ2v) is 9.00. The van der Waals surface area contributed by atoms with Crippen LogP contribution in [0.3, 0.4) is 0 Å². The van der Waals surface area contributed by atoms with Gasteiger partial charge < -0.3 is 20.9 Å². The number of nitrogens with two attached hydrogens (primary N) is 2. The van der Waals surface area contributed by atoms with E-state index in [4.69, 9.17) is 32.5 Å². The van der Waals surface area contributed by atoms with Crippen LogP contribution < -0.4 is 20.9 Å². The summed E-state index contributed by atoms with van der Waals surface area (Å²) in [6.45, 7) is 1.12. The largest absolute Gasteiger partial charge is 0.489 e. The number of halogens is 2. The highest BCUT2D eigenvalue weighted by Gasteiger charge is 2.04. The van der Waals surface area contributed by atoms with Crippen molar-refractivity contribution in [2.75, 3.05) is 5.73 Å². The van der Waals surface area contributed by atoms with Crippen LogP contribution in [0.4, 0.5) is 11.4 Å². The highest BCUT2D eigenvalue weighted by molar-refractivity contribution is 6.34. The van der Waals surface area contributed by atoms with Gasteiger partial charge in [-0.05, 0) is 71.8 Å². The zero-order valence-electron chi connectivity index (χ0n) is 21.8. The molecule has 5 rings (SSSR count). The Morgan fingerprint density at radius 1 is 0.600 bits per heavy atom. The van der Waals surface area contributed by atoms with Crippen molar-refractivity contribution in [3.05, 3.63) is 155 Å². The van der Waals surface area contributed by atoms with Crippen molar-refractivity contribution in [2.45, 2.75) is 13.2 Å². The molecule has 0 spiro atoms. The van der Waals surface area contributed by atoms with E-state index in [0.717, 1.165) is 39.6 Å². The number of rotatable bonds is 8. The second kappa shape index (κ2) is 15.8. The molecule has 0 aliphatic rings.